The van der Waals surface area contributed by atoms with Crippen LogP contribution in [0.4, 0.5) is 5.69 Å². The Hall–Kier alpha value is -1.17. The number of nitro groups is 1. The van der Waals surface area contributed by atoms with E-state index in [1.807, 2.05) is 0 Å². The van der Waals surface area contributed by atoms with Crippen LogP contribution in [0.15, 0.2) is 18.2 Å². The first-order valence-electron chi connectivity index (χ1n) is 4.39. The first kappa shape index (κ1) is 11.9. The Bertz CT molecular complexity index is 370. The van der Waals surface area contributed by atoms with Gasteiger partial charge in [0.25, 0.3) is 5.69 Å². The van der Waals surface area contributed by atoms with Gasteiger partial charge >= 0.3 is 0 Å². The molecule has 0 aliphatic carbocycles. The number of nitro benzene ring substituents is 1. The molecule has 0 heterocycles. The van der Waals surface area contributed by atoms with Crippen LogP contribution in [0, 0.1) is 10.1 Å². The second-order valence-electron chi connectivity index (χ2n) is 3.02. The zero-order valence-corrected chi connectivity index (χ0v) is 8.65. The van der Waals surface area contributed by atoms with Crippen molar-refractivity contribution in [1.82, 2.24) is 0 Å². The van der Waals surface area contributed by atoms with Gasteiger partial charge in [-0.2, -0.15) is 0 Å². The van der Waals surface area contributed by atoms with Gasteiger partial charge < -0.3 is 10.8 Å². The topological polar surface area (TPSA) is 89.4 Å². The Morgan fingerprint density at radius 3 is 2.80 bits per heavy atom. The molecule has 5 nitrogen and oxygen atoms in total. The fourth-order valence-corrected chi connectivity index (χ4v) is 1.61. The molecule has 1 aromatic rings. The summed E-state index contributed by atoms with van der Waals surface area (Å²) in [5, 5.41) is 20.5. The van der Waals surface area contributed by atoms with Crippen molar-refractivity contribution in [2.45, 2.75) is 12.5 Å². The van der Waals surface area contributed by atoms with E-state index in [0.29, 0.717) is 0 Å². The van der Waals surface area contributed by atoms with E-state index in [1.165, 1.54) is 18.2 Å². The molecular weight excluding hydrogens is 220 g/mol. The minimum Gasteiger partial charge on any atom is -0.388 e. The highest BCUT2D eigenvalue weighted by molar-refractivity contribution is 6.31. The van der Waals surface area contributed by atoms with Crippen molar-refractivity contribution in [2.24, 2.45) is 5.73 Å². The average Bonchev–Trinajstić information content (AvgIpc) is 2.17. The molecule has 1 rings (SSSR count). The number of halogens is 1. The maximum Gasteiger partial charge on any atom is 0.276 e. The first-order chi connectivity index (χ1) is 7.07. The monoisotopic (exact) mass is 230 g/mol. The molecule has 82 valence electrons. The molecular formula is C9H11ClN2O3. The third kappa shape index (κ3) is 2.65. The lowest BCUT2D eigenvalue weighted by Crippen LogP contribution is -2.09. The predicted molar refractivity (Wildman–Crippen MR) is 56.7 cm³/mol. The van der Waals surface area contributed by atoms with Gasteiger partial charge in [0.1, 0.15) is 0 Å². The molecule has 0 unspecified atom stereocenters. The molecule has 0 fully saturated rings. The molecule has 0 spiro atoms. The lowest BCUT2D eigenvalue weighted by atomic mass is 10.0. The van der Waals surface area contributed by atoms with Crippen LogP contribution in [0.3, 0.4) is 0 Å². The second kappa shape index (κ2) is 5.06. The van der Waals surface area contributed by atoms with Crippen LogP contribution in [0.2, 0.25) is 5.02 Å². The van der Waals surface area contributed by atoms with E-state index in [1.54, 1.807) is 0 Å². The number of hydrogen-bond acceptors (Lipinski definition) is 4. The highest BCUT2D eigenvalue weighted by Crippen LogP contribution is 2.33. The van der Waals surface area contributed by atoms with Gasteiger partial charge in [0, 0.05) is 6.07 Å². The summed E-state index contributed by atoms with van der Waals surface area (Å²) in [6.07, 6.45) is -0.756. The van der Waals surface area contributed by atoms with Crippen LogP contribution >= 0.6 is 11.6 Å². The van der Waals surface area contributed by atoms with E-state index in [9.17, 15) is 15.2 Å². The molecule has 0 aliphatic rings. The summed E-state index contributed by atoms with van der Waals surface area (Å²) in [5.41, 5.74) is 5.23. The molecule has 0 bridgehead atoms. The summed E-state index contributed by atoms with van der Waals surface area (Å²) in [4.78, 5) is 10.1. The van der Waals surface area contributed by atoms with Crippen LogP contribution in [-0.2, 0) is 0 Å². The number of benzene rings is 1. The van der Waals surface area contributed by atoms with E-state index >= 15 is 0 Å². The minimum atomic E-state index is -0.996. The van der Waals surface area contributed by atoms with E-state index < -0.39 is 11.0 Å². The van der Waals surface area contributed by atoms with Crippen LogP contribution in [0.5, 0.6) is 0 Å². The summed E-state index contributed by atoms with van der Waals surface area (Å²) >= 11 is 5.80. The highest BCUT2D eigenvalue weighted by atomic mass is 35.5. The van der Waals surface area contributed by atoms with Crippen molar-refractivity contribution in [3.63, 3.8) is 0 Å². The maximum absolute atomic E-state index is 10.7. The zero-order valence-electron chi connectivity index (χ0n) is 7.89. The van der Waals surface area contributed by atoms with Crippen molar-refractivity contribution in [2.75, 3.05) is 6.54 Å². The van der Waals surface area contributed by atoms with Gasteiger partial charge in [-0.15, -0.1) is 0 Å². The summed E-state index contributed by atoms with van der Waals surface area (Å²) in [5.74, 6) is 0. The number of aliphatic hydroxyl groups excluding tert-OH is 1. The van der Waals surface area contributed by atoms with Crippen molar-refractivity contribution < 1.29 is 10.0 Å². The van der Waals surface area contributed by atoms with Gasteiger partial charge in [-0.25, -0.2) is 0 Å². The average molecular weight is 231 g/mol. The summed E-state index contributed by atoms with van der Waals surface area (Å²) in [6.45, 7) is 0.240. The molecule has 0 saturated heterocycles. The molecule has 0 aromatic heterocycles. The van der Waals surface area contributed by atoms with E-state index in [0.717, 1.165) is 0 Å². The van der Waals surface area contributed by atoms with Gasteiger partial charge in [-0.1, -0.05) is 17.7 Å². The fourth-order valence-electron chi connectivity index (χ4n) is 1.32. The number of rotatable bonds is 4. The van der Waals surface area contributed by atoms with Crippen LogP contribution in [0.1, 0.15) is 18.1 Å². The van der Waals surface area contributed by atoms with Crippen molar-refractivity contribution in [3.05, 3.63) is 38.9 Å². The summed E-state index contributed by atoms with van der Waals surface area (Å²) in [6, 6.07) is 4.28. The maximum atomic E-state index is 10.7. The van der Waals surface area contributed by atoms with Crippen molar-refractivity contribution in [1.29, 1.82) is 0 Å². The van der Waals surface area contributed by atoms with Crippen LogP contribution < -0.4 is 5.73 Å². The van der Waals surface area contributed by atoms with Gasteiger partial charge in [-0.05, 0) is 19.0 Å². The number of hydrogen-bond donors (Lipinski definition) is 2. The van der Waals surface area contributed by atoms with Gasteiger partial charge in [-0.3, -0.25) is 10.1 Å². The third-order valence-electron chi connectivity index (χ3n) is 2.00. The van der Waals surface area contributed by atoms with Crippen LogP contribution in [0.25, 0.3) is 0 Å². The quantitative estimate of drug-likeness (QED) is 0.608. The van der Waals surface area contributed by atoms with Crippen molar-refractivity contribution in [3.8, 4) is 0 Å². The summed E-state index contributed by atoms with van der Waals surface area (Å²) in [7, 11) is 0. The normalized spacial score (nSPS) is 12.5. The van der Waals surface area contributed by atoms with E-state index in [-0.39, 0.29) is 29.2 Å². The van der Waals surface area contributed by atoms with Gasteiger partial charge in [0.15, 0.2) is 0 Å². The molecule has 3 N–H and O–H groups in total. The van der Waals surface area contributed by atoms with Gasteiger partial charge in [0.05, 0.1) is 21.6 Å². The predicted octanol–water partition coefficient (Wildman–Crippen LogP) is 1.63. The smallest absolute Gasteiger partial charge is 0.276 e. The summed E-state index contributed by atoms with van der Waals surface area (Å²) < 4.78 is 0. The van der Waals surface area contributed by atoms with Crippen molar-refractivity contribution >= 4 is 17.3 Å². The Morgan fingerprint density at radius 1 is 1.60 bits per heavy atom. The Kier molecular flexibility index (Phi) is 4.02. The van der Waals surface area contributed by atoms with E-state index in [4.69, 9.17) is 17.3 Å². The van der Waals surface area contributed by atoms with Gasteiger partial charge in [0.2, 0.25) is 0 Å². The minimum absolute atomic E-state index is 0.134. The third-order valence-corrected chi connectivity index (χ3v) is 2.33. The lowest BCUT2D eigenvalue weighted by molar-refractivity contribution is -0.386. The number of nitrogens with two attached hydrogens (primary N) is 1. The molecule has 0 radical (unpaired) electrons. The SMILES string of the molecule is NCC[C@H](O)c1c(Cl)cccc1[N+](=O)[O-]. The molecule has 15 heavy (non-hydrogen) atoms. The zero-order chi connectivity index (χ0) is 11.4. The molecule has 6 heteroatoms. The van der Waals surface area contributed by atoms with Crippen LogP contribution in [-0.4, -0.2) is 16.6 Å². The molecule has 1 atom stereocenters. The number of aliphatic hydroxyl groups is 1. The molecule has 0 amide bonds. The molecule has 0 aliphatic heterocycles. The largest absolute Gasteiger partial charge is 0.388 e. The Labute approximate surface area is 91.6 Å². The molecule has 1 aromatic carbocycles. The Morgan fingerprint density at radius 2 is 2.27 bits per heavy atom. The Balaban J connectivity index is 3.18. The first-order valence-corrected chi connectivity index (χ1v) is 4.76. The lowest BCUT2D eigenvalue weighted by Gasteiger charge is -2.11. The second-order valence-corrected chi connectivity index (χ2v) is 3.43. The number of nitrogens with zero attached hydrogens (tertiary/aromatic N) is 1. The van der Waals surface area contributed by atoms with E-state index in [2.05, 4.69) is 0 Å². The standard InChI is InChI=1S/C9H11ClN2O3/c10-6-2-1-3-7(12(14)15)9(6)8(13)4-5-11/h1-3,8,13H,4-5,11H2/t8-/m0/s1. The fraction of sp³-hybridized carbons (Fsp3) is 0.333. The highest BCUT2D eigenvalue weighted by Gasteiger charge is 2.22. The molecule has 0 saturated carbocycles.